The quantitative estimate of drug-likeness (QED) is 0.220. The van der Waals surface area contributed by atoms with E-state index in [1.165, 1.54) is 18.6 Å². The van der Waals surface area contributed by atoms with Crippen LogP contribution in [-0.2, 0) is 20.9 Å². The molecule has 186 valence electrons. The number of carbonyl (C=O) groups excluding carboxylic acids is 2. The minimum Gasteiger partial charge on any atom is -0.507 e. The van der Waals surface area contributed by atoms with Gasteiger partial charge in [0.15, 0.2) is 0 Å². The largest absolute Gasteiger partial charge is 0.507 e. The Bertz CT molecular complexity index is 915. The minimum absolute atomic E-state index is 0.132. The average molecular weight is 474 g/mol. The number of carboxylic acid groups (broad SMARTS) is 1. The molecule has 2 atom stereocenters. The van der Waals surface area contributed by atoms with Crippen molar-refractivity contribution >= 4 is 23.6 Å². The zero-order chi connectivity index (χ0) is 24.7. The average Bonchev–Trinajstić information content (AvgIpc) is 3.30. The molecule has 1 saturated heterocycles. The molecule has 10 nitrogen and oxygen atoms in total. The predicted molar refractivity (Wildman–Crippen MR) is 126 cm³/mol. The second-order valence-electron chi connectivity index (χ2n) is 9.24. The highest BCUT2D eigenvalue weighted by Crippen LogP contribution is 2.29. The lowest BCUT2D eigenvalue weighted by atomic mass is 9.84. The zero-order valence-corrected chi connectivity index (χ0v) is 19.4. The summed E-state index contributed by atoms with van der Waals surface area (Å²) in [5, 5.41) is 32.3. The molecule has 1 aromatic carbocycles. The molecule has 1 aliphatic heterocycles. The summed E-state index contributed by atoms with van der Waals surface area (Å²) in [7, 11) is 0. The molecule has 2 amide bonds. The summed E-state index contributed by atoms with van der Waals surface area (Å²) in [6.07, 6.45) is 7.36. The number of nitrogens with one attached hydrogen (secondary N) is 3. The van der Waals surface area contributed by atoms with Crippen LogP contribution < -0.4 is 16.4 Å². The highest BCUT2D eigenvalue weighted by Gasteiger charge is 2.37. The number of likely N-dealkylation sites (tertiary alicyclic amines) is 1. The van der Waals surface area contributed by atoms with Gasteiger partial charge in [-0.15, -0.1) is 0 Å². The van der Waals surface area contributed by atoms with Crippen molar-refractivity contribution in [3.63, 3.8) is 0 Å². The number of carbonyl (C=O) groups is 3. The van der Waals surface area contributed by atoms with E-state index < -0.39 is 18.1 Å². The highest BCUT2D eigenvalue weighted by molar-refractivity contribution is 5.97. The van der Waals surface area contributed by atoms with Gasteiger partial charge in [-0.2, -0.15) is 0 Å². The smallest absolute Gasteiger partial charge is 0.317 e. The number of hydrogen-bond donors (Lipinski definition) is 6. The van der Waals surface area contributed by atoms with Gasteiger partial charge < -0.3 is 26.2 Å². The number of amidine groups is 1. The first kappa shape index (κ1) is 25.5. The first-order valence-electron chi connectivity index (χ1n) is 12.0. The fraction of sp³-hybridized carbons (Fsp3) is 0.583. The molecule has 2 aliphatic rings. The number of phenols is 1. The van der Waals surface area contributed by atoms with Gasteiger partial charge in [-0.25, -0.2) is 0 Å². The summed E-state index contributed by atoms with van der Waals surface area (Å²) in [4.78, 5) is 39.0. The number of benzene rings is 1. The number of aliphatic carboxylic acids is 1. The van der Waals surface area contributed by atoms with Crippen LogP contribution >= 0.6 is 0 Å². The Kier molecular flexibility index (Phi) is 8.86. The van der Waals surface area contributed by atoms with Gasteiger partial charge in [0.1, 0.15) is 17.6 Å². The number of amides is 2. The minimum atomic E-state index is -1.02. The standard InChI is InChI=1S/C24H35N5O5/c25-22(26)17-9-8-16(12-20(17)30)13-28-23(33)19-7-4-10-29(19)24(34)18(27-14-21(31)32)11-15-5-2-1-3-6-15/h8-9,12,15,18-19,27,30H,1-7,10-11,13-14H2,(H3,25,26)(H,28,33)(H,31,32). The van der Waals surface area contributed by atoms with E-state index in [2.05, 4.69) is 10.6 Å². The van der Waals surface area contributed by atoms with Gasteiger partial charge in [0.25, 0.3) is 0 Å². The maximum atomic E-state index is 13.4. The second-order valence-corrected chi connectivity index (χ2v) is 9.24. The Labute approximate surface area is 199 Å². The number of aromatic hydroxyl groups is 1. The molecule has 0 aromatic heterocycles. The van der Waals surface area contributed by atoms with Gasteiger partial charge in [-0.1, -0.05) is 38.2 Å². The lowest BCUT2D eigenvalue weighted by Gasteiger charge is -2.31. The Morgan fingerprint density at radius 2 is 1.88 bits per heavy atom. The van der Waals surface area contributed by atoms with Crippen LogP contribution in [0.25, 0.3) is 0 Å². The Morgan fingerprint density at radius 3 is 2.53 bits per heavy atom. The van der Waals surface area contributed by atoms with Gasteiger partial charge >= 0.3 is 5.97 Å². The number of nitrogens with zero attached hydrogens (tertiary/aromatic N) is 1. The summed E-state index contributed by atoms with van der Waals surface area (Å²) in [6.45, 7) is 0.320. The van der Waals surface area contributed by atoms with Crippen molar-refractivity contribution in [3.8, 4) is 5.75 Å². The van der Waals surface area contributed by atoms with Crippen LogP contribution in [0.1, 0.15) is 62.5 Å². The number of nitrogens with two attached hydrogens (primary N) is 1. The van der Waals surface area contributed by atoms with Gasteiger partial charge in [-0.3, -0.25) is 25.1 Å². The maximum Gasteiger partial charge on any atom is 0.317 e. The SMILES string of the molecule is N=C(N)c1ccc(CNC(=O)C2CCCN2C(=O)C(CC2CCCCC2)NCC(=O)O)cc1O. The molecule has 0 radical (unpaired) electrons. The molecule has 1 heterocycles. The topological polar surface area (TPSA) is 169 Å². The predicted octanol–water partition coefficient (Wildman–Crippen LogP) is 1.30. The summed E-state index contributed by atoms with van der Waals surface area (Å²) >= 11 is 0. The zero-order valence-electron chi connectivity index (χ0n) is 19.4. The van der Waals surface area contributed by atoms with Crippen LogP contribution in [0.4, 0.5) is 0 Å². The molecule has 2 unspecified atom stereocenters. The van der Waals surface area contributed by atoms with E-state index in [9.17, 15) is 19.5 Å². The number of phenolic OH excluding ortho intramolecular Hbond substituents is 1. The molecule has 1 aliphatic carbocycles. The summed E-state index contributed by atoms with van der Waals surface area (Å²) in [5.41, 5.74) is 6.28. The molecule has 2 fully saturated rings. The van der Waals surface area contributed by atoms with Crippen LogP contribution in [-0.4, -0.2) is 63.9 Å². The van der Waals surface area contributed by atoms with E-state index >= 15 is 0 Å². The number of hydrogen-bond acceptors (Lipinski definition) is 6. The lowest BCUT2D eigenvalue weighted by molar-refractivity contribution is -0.141. The van der Waals surface area contributed by atoms with E-state index in [0.717, 1.165) is 25.7 Å². The van der Waals surface area contributed by atoms with Crippen LogP contribution in [0.2, 0.25) is 0 Å². The Morgan fingerprint density at radius 1 is 1.15 bits per heavy atom. The fourth-order valence-electron chi connectivity index (χ4n) is 4.96. The van der Waals surface area contributed by atoms with Gasteiger partial charge in [0, 0.05) is 13.1 Å². The first-order valence-corrected chi connectivity index (χ1v) is 12.0. The van der Waals surface area contributed by atoms with E-state index in [1.807, 2.05) is 0 Å². The van der Waals surface area contributed by atoms with Crippen LogP contribution in [0.5, 0.6) is 5.75 Å². The molecule has 1 aromatic rings. The van der Waals surface area contributed by atoms with Gasteiger partial charge in [0.05, 0.1) is 18.2 Å². The lowest BCUT2D eigenvalue weighted by Crippen LogP contribution is -2.53. The summed E-state index contributed by atoms with van der Waals surface area (Å²) in [6, 6.07) is 3.41. The van der Waals surface area contributed by atoms with Crippen molar-refractivity contribution < 1.29 is 24.6 Å². The molecule has 0 spiro atoms. The molecular formula is C24H35N5O5. The highest BCUT2D eigenvalue weighted by atomic mass is 16.4. The normalized spacial score (nSPS) is 19.5. The monoisotopic (exact) mass is 473 g/mol. The van der Waals surface area contributed by atoms with Crippen LogP contribution in [0, 0.1) is 11.3 Å². The Balaban J connectivity index is 1.63. The summed E-state index contributed by atoms with van der Waals surface area (Å²) < 4.78 is 0. The maximum absolute atomic E-state index is 13.4. The Hall–Kier alpha value is -3.14. The molecule has 10 heteroatoms. The van der Waals surface area contributed by atoms with Crippen molar-refractivity contribution in [1.82, 2.24) is 15.5 Å². The van der Waals surface area contributed by atoms with Gasteiger partial charge in [-0.05, 0) is 42.9 Å². The van der Waals surface area contributed by atoms with Crippen molar-refractivity contribution in [2.75, 3.05) is 13.1 Å². The third-order valence-corrected chi connectivity index (χ3v) is 6.75. The molecule has 34 heavy (non-hydrogen) atoms. The van der Waals surface area contributed by atoms with E-state index in [4.69, 9.17) is 16.2 Å². The molecular weight excluding hydrogens is 438 g/mol. The van der Waals surface area contributed by atoms with E-state index in [-0.39, 0.29) is 42.1 Å². The van der Waals surface area contributed by atoms with Gasteiger partial charge in [0.2, 0.25) is 11.8 Å². The van der Waals surface area contributed by atoms with Crippen molar-refractivity contribution in [2.24, 2.45) is 11.7 Å². The molecule has 1 saturated carbocycles. The number of nitrogen functional groups attached to an aromatic ring is 1. The third kappa shape index (κ3) is 6.69. The summed E-state index contributed by atoms with van der Waals surface area (Å²) in [5.74, 6) is -1.51. The van der Waals surface area contributed by atoms with Crippen molar-refractivity contribution in [2.45, 2.75) is 70.0 Å². The number of rotatable bonds is 10. The fourth-order valence-corrected chi connectivity index (χ4v) is 4.96. The first-order chi connectivity index (χ1) is 16.3. The van der Waals surface area contributed by atoms with E-state index in [0.29, 0.717) is 37.3 Å². The van der Waals surface area contributed by atoms with Crippen molar-refractivity contribution in [1.29, 1.82) is 5.41 Å². The molecule has 7 N–H and O–H groups in total. The number of carboxylic acids is 1. The molecule has 0 bridgehead atoms. The van der Waals surface area contributed by atoms with Crippen LogP contribution in [0.3, 0.4) is 0 Å². The van der Waals surface area contributed by atoms with E-state index in [1.54, 1.807) is 11.0 Å². The third-order valence-electron chi connectivity index (χ3n) is 6.75. The molecule has 3 rings (SSSR count). The second kappa shape index (κ2) is 11.8. The van der Waals surface area contributed by atoms with Crippen LogP contribution in [0.15, 0.2) is 18.2 Å². The van der Waals surface area contributed by atoms with Crippen molar-refractivity contribution in [3.05, 3.63) is 29.3 Å².